The van der Waals surface area contributed by atoms with E-state index >= 15 is 0 Å². The third-order valence-electron chi connectivity index (χ3n) is 5.72. The van der Waals surface area contributed by atoms with Gasteiger partial charge < -0.3 is 15.0 Å². The summed E-state index contributed by atoms with van der Waals surface area (Å²) >= 11 is 0. The Labute approximate surface area is 189 Å². The summed E-state index contributed by atoms with van der Waals surface area (Å²) in [6, 6.07) is 17.2. The van der Waals surface area contributed by atoms with Crippen molar-refractivity contribution in [3.63, 3.8) is 0 Å². The number of esters is 1. The lowest BCUT2D eigenvalue weighted by Crippen LogP contribution is -2.31. The zero-order valence-corrected chi connectivity index (χ0v) is 18.6. The number of amides is 2. The van der Waals surface area contributed by atoms with Gasteiger partial charge >= 0.3 is 5.97 Å². The summed E-state index contributed by atoms with van der Waals surface area (Å²) < 4.78 is 4.72. The van der Waals surface area contributed by atoms with Crippen molar-refractivity contribution in [1.29, 1.82) is 0 Å². The number of benzene rings is 2. The number of carbonyl (C=O) groups excluding carboxylic acids is 3. The third-order valence-corrected chi connectivity index (χ3v) is 5.72. The quantitative estimate of drug-likeness (QED) is 0.477. The van der Waals surface area contributed by atoms with Crippen LogP contribution in [0, 0.1) is 5.92 Å². The molecule has 1 heterocycles. The van der Waals surface area contributed by atoms with E-state index in [0.29, 0.717) is 18.7 Å². The second-order valence-corrected chi connectivity index (χ2v) is 7.95. The molecule has 2 atom stereocenters. The SMILES string of the molecule is CC=CC(CC(=O)NCCC1CN(C(=O)c2ccccc2)c2ccccc21)CC(=O)OC. The standard InChI is InChI=1S/C26H30N2O4/c1-3-9-19(17-25(30)32-2)16-24(29)27-15-14-21-18-28(23-13-8-7-12-22(21)23)26(31)20-10-5-4-6-11-20/h3-13,19,21H,14-18H2,1-2H3,(H,27,29). The maximum atomic E-state index is 13.0. The molecule has 1 aliphatic rings. The number of methoxy groups -OCH3 is 1. The van der Waals surface area contributed by atoms with Crippen LogP contribution in [0.1, 0.15) is 48.0 Å². The van der Waals surface area contributed by atoms with E-state index < -0.39 is 0 Å². The molecule has 2 amide bonds. The Balaban J connectivity index is 1.58. The van der Waals surface area contributed by atoms with Gasteiger partial charge in [0.2, 0.25) is 5.91 Å². The van der Waals surface area contributed by atoms with E-state index in [-0.39, 0.29) is 42.5 Å². The first-order chi connectivity index (χ1) is 15.5. The molecule has 168 valence electrons. The molecule has 0 saturated heterocycles. The molecule has 6 nitrogen and oxygen atoms in total. The van der Waals surface area contributed by atoms with Crippen LogP contribution in [0.2, 0.25) is 0 Å². The number of hydrogen-bond acceptors (Lipinski definition) is 4. The summed E-state index contributed by atoms with van der Waals surface area (Å²) in [6.45, 7) is 2.96. The van der Waals surface area contributed by atoms with Crippen molar-refractivity contribution in [2.75, 3.05) is 25.1 Å². The number of hydrogen-bond donors (Lipinski definition) is 1. The minimum atomic E-state index is -0.327. The molecule has 0 fully saturated rings. The van der Waals surface area contributed by atoms with Gasteiger partial charge in [-0.2, -0.15) is 0 Å². The molecule has 1 N–H and O–H groups in total. The lowest BCUT2D eigenvalue weighted by molar-refractivity contribution is -0.141. The molecule has 0 aromatic heterocycles. The van der Waals surface area contributed by atoms with Crippen molar-refractivity contribution in [2.45, 2.75) is 32.1 Å². The molecule has 6 heteroatoms. The maximum Gasteiger partial charge on any atom is 0.306 e. The van der Waals surface area contributed by atoms with E-state index in [1.54, 1.807) is 0 Å². The lowest BCUT2D eigenvalue weighted by atomic mass is 9.97. The van der Waals surface area contributed by atoms with Crippen LogP contribution in [0.15, 0.2) is 66.7 Å². The fraction of sp³-hybridized carbons (Fsp3) is 0.346. The van der Waals surface area contributed by atoms with Crippen LogP contribution in [-0.2, 0) is 14.3 Å². The van der Waals surface area contributed by atoms with Crippen LogP contribution in [0.25, 0.3) is 0 Å². The molecule has 32 heavy (non-hydrogen) atoms. The van der Waals surface area contributed by atoms with Gasteiger partial charge in [0.25, 0.3) is 5.91 Å². The van der Waals surface area contributed by atoms with Gasteiger partial charge in [-0.1, -0.05) is 48.6 Å². The normalized spacial score (nSPS) is 15.9. The fourth-order valence-electron chi connectivity index (χ4n) is 4.15. The van der Waals surface area contributed by atoms with E-state index in [4.69, 9.17) is 4.74 Å². The number of para-hydroxylation sites is 1. The van der Waals surface area contributed by atoms with Gasteiger partial charge in [0.15, 0.2) is 0 Å². The maximum absolute atomic E-state index is 13.0. The van der Waals surface area contributed by atoms with Crippen molar-refractivity contribution >= 4 is 23.5 Å². The minimum absolute atomic E-state index is 0.0124. The lowest BCUT2D eigenvalue weighted by Gasteiger charge is -2.18. The number of nitrogens with one attached hydrogen (secondary N) is 1. The van der Waals surface area contributed by atoms with Crippen molar-refractivity contribution in [1.82, 2.24) is 5.32 Å². The highest BCUT2D eigenvalue weighted by Gasteiger charge is 2.32. The summed E-state index contributed by atoms with van der Waals surface area (Å²) in [4.78, 5) is 38.8. The molecule has 0 spiro atoms. The Kier molecular flexibility index (Phi) is 8.20. The summed E-state index contributed by atoms with van der Waals surface area (Å²) in [7, 11) is 1.35. The molecule has 0 bridgehead atoms. The molecular formula is C26H30N2O4. The number of carbonyl (C=O) groups is 3. The molecule has 0 radical (unpaired) electrons. The molecular weight excluding hydrogens is 404 g/mol. The Morgan fingerprint density at radius 3 is 2.53 bits per heavy atom. The first-order valence-corrected chi connectivity index (χ1v) is 11.0. The second-order valence-electron chi connectivity index (χ2n) is 7.95. The van der Waals surface area contributed by atoms with Crippen LogP contribution < -0.4 is 10.2 Å². The molecule has 2 aromatic carbocycles. The number of anilines is 1. The predicted molar refractivity (Wildman–Crippen MR) is 124 cm³/mol. The Hall–Kier alpha value is -3.41. The van der Waals surface area contributed by atoms with E-state index in [0.717, 1.165) is 17.7 Å². The Morgan fingerprint density at radius 1 is 1.09 bits per heavy atom. The summed E-state index contributed by atoms with van der Waals surface area (Å²) in [6.07, 6.45) is 4.85. The van der Waals surface area contributed by atoms with Gasteiger partial charge in [-0.05, 0) is 43.0 Å². The van der Waals surface area contributed by atoms with E-state index in [9.17, 15) is 14.4 Å². The highest BCUT2D eigenvalue weighted by Crippen LogP contribution is 2.38. The number of rotatable bonds is 9. The molecule has 3 rings (SSSR count). The van der Waals surface area contributed by atoms with Crippen molar-refractivity contribution in [2.24, 2.45) is 5.92 Å². The zero-order valence-electron chi connectivity index (χ0n) is 18.6. The van der Waals surface area contributed by atoms with Gasteiger partial charge in [0.05, 0.1) is 13.5 Å². The average Bonchev–Trinajstić information content (AvgIpc) is 3.18. The second kappa shape index (κ2) is 11.3. The van der Waals surface area contributed by atoms with Crippen LogP contribution in [0.4, 0.5) is 5.69 Å². The number of nitrogens with zero attached hydrogens (tertiary/aromatic N) is 1. The largest absolute Gasteiger partial charge is 0.469 e. The Morgan fingerprint density at radius 2 is 1.81 bits per heavy atom. The zero-order chi connectivity index (χ0) is 22.9. The van der Waals surface area contributed by atoms with Crippen LogP contribution in [-0.4, -0.2) is 38.0 Å². The molecule has 2 aromatic rings. The van der Waals surface area contributed by atoms with Gasteiger partial charge in [0.1, 0.15) is 0 Å². The monoisotopic (exact) mass is 434 g/mol. The van der Waals surface area contributed by atoms with E-state index in [2.05, 4.69) is 11.4 Å². The van der Waals surface area contributed by atoms with E-state index in [1.807, 2.05) is 72.5 Å². The average molecular weight is 435 g/mol. The predicted octanol–water partition coefficient (Wildman–Crippen LogP) is 4.08. The number of fused-ring (bicyclic) bond motifs is 1. The van der Waals surface area contributed by atoms with Gasteiger partial charge in [-0.15, -0.1) is 0 Å². The first kappa shape index (κ1) is 23.3. The molecule has 0 saturated carbocycles. The van der Waals surface area contributed by atoms with Crippen molar-refractivity contribution in [3.05, 3.63) is 77.9 Å². The topological polar surface area (TPSA) is 75.7 Å². The van der Waals surface area contributed by atoms with E-state index in [1.165, 1.54) is 7.11 Å². The van der Waals surface area contributed by atoms with Crippen LogP contribution in [0.5, 0.6) is 0 Å². The van der Waals surface area contributed by atoms with Crippen molar-refractivity contribution in [3.8, 4) is 0 Å². The van der Waals surface area contributed by atoms with Gasteiger partial charge in [-0.25, -0.2) is 0 Å². The van der Waals surface area contributed by atoms with Gasteiger partial charge in [-0.3, -0.25) is 14.4 Å². The first-order valence-electron chi connectivity index (χ1n) is 11.0. The highest BCUT2D eigenvalue weighted by molar-refractivity contribution is 6.07. The molecule has 2 unspecified atom stereocenters. The summed E-state index contributed by atoms with van der Waals surface area (Å²) in [5.41, 5.74) is 2.73. The smallest absolute Gasteiger partial charge is 0.306 e. The summed E-state index contributed by atoms with van der Waals surface area (Å²) in [5, 5.41) is 2.97. The van der Waals surface area contributed by atoms with Crippen LogP contribution >= 0.6 is 0 Å². The van der Waals surface area contributed by atoms with Crippen molar-refractivity contribution < 1.29 is 19.1 Å². The fourth-order valence-corrected chi connectivity index (χ4v) is 4.15. The number of allylic oxidation sites excluding steroid dienone is 2. The molecule has 1 aliphatic heterocycles. The van der Waals surface area contributed by atoms with Crippen LogP contribution in [0.3, 0.4) is 0 Å². The highest BCUT2D eigenvalue weighted by atomic mass is 16.5. The molecule has 0 aliphatic carbocycles. The van der Waals surface area contributed by atoms with Gasteiger partial charge in [0, 0.05) is 36.7 Å². The minimum Gasteiger partial charge on any atom is -0.469 e. The Bertz CT molecular complexity index is 971. The number of ether oxygens (including phenoxy) is 1. The third kappa shape index (κ3) is 5.84. The summed E-state index contributed by atoms with van der Waals surface area (Å²) in [5.74, 6) is -0.465.